The summed E-state index contributed by atoms with van der Waals surface area (Å²) in [5.41, 5.74) is 2.05. The normalized spacial score (nSPS) is 18.2. The van der Waals surface area contributed by atoms with Crippen molar-refractivity contribution in [3.63, 3.8) is 0 Å². The Bertz CT molecular complexity index is 403. The van der Waals surface area contributed by atoms with Gasteiger partial charge < -0.3 is 4.90 Å². The molecule has 1 fully saturated rings. The molecule has 1 atom stereocenters. The van der Waals surface area contributed by atoms with Crippen molar-refractivity contribution in [1.82, 2.24) is 9.88 Å². The number of nitrogens with zero attached hydrogens (tertiary/aromatic N) is 2. The maximum atomic E-state index is 12.0. The van der Waals surface area contributed by atoms with Crippen molar-refractivity contribution in [3.8, 4) is 0 Å². The molecule has 0 spiro atoms. The average Bonchev–Trinajstić information content (AvgIpc) is 2.33. The number of amides is 1. The number of carbonyl (C=O) groups is 1. The third-order valence-corrected chi connectivity index (χ3v) is 3.37. The fourth-order valence-electron chi connectivity index (χ4n) is 2.50. The van der Waals surface area contributed by atoms with E-state index in [1.165, 1.54) is 0 Å². The van der Waals surface area contributed by atoms with Gasteiger partial charge in [-0.25, -0.2) is 0 Å². The van der Waals surface area contributed by atoms with Crippen LogP contribution in [0.5, 0.6) is 0 Å². The number of likely N-dealkylation sites (tertiary alicyclic amines) is 1. The minimum Gasteiger partial charge on any atom is -0.334 e. The molecule has 0 bridgehead atoms. The third-order valence-electron chi connectivity index (χ3n) is 3.37. The van der Waals surface area contributed by atoms with Crippen LogP contribution in [0.1, 0.15) is 50.0 Å². The van der Waals surface area contributed by atoms with E-state index in [9.17, 15) is 4.79 Å². The number of aryl methyl sites for hydroxylation is 1. The van der Waals surface area contributed by atoms with Crippen molar-refractivity contribution in [3.05, 3.63) is 29.6 Å². The van der Waals surface area contributed by atoms with Gasteiger partial charge in [0.2, 0.25) is 5.91 Å². The molecule has 0 N–H and O–H groups in total. The molecule has 1 aromatic rings. The van der Waals surface area contributed by atoms with Gasteiger partial charge >= 0.3 is 0 Å². The zero-order chi connectivity index (χ0) is 12.3. The Balaban J connectivity index is 2.23. The SMILES string of the molecule is CCC(c1cccc(C)n1)N1CCCCC1=O. The van der Waals surface area contributed by atoms with Crippen molar-refractivity contribution in [2.45, 2.75) is 45.6 Å². The van der Waals surface area contributed by atoms with Crippen LogP contribution in [0.25, 0.3) is 0 Å². The summed E-state index contributed by atoms with van der Waals surface area (Å²) in [4.78, 5) is 18.5. The van der Waals surface area contributed by atoms with Gasteiger partial charge in [-0.05, 0) is 38.3 Å². The van der Waals surface area contributed by atoms with Crippen molar-refractivity contribution < 1.29 is 4.79 Å². The van der Waals surface area contributed by atoms with E-state index in [0.29, 0.717) is 6.42 Å². The van der Waals surface area contributed by atoms with Gasteiger partial charge in [0, 0.05) is 18.7 Å². The molecule has 0 saturated carbocycles. The molecule has 2 heterocycles. The van der Waals surface area contributed by atoms with Gasteiger partial charge in [-0.15, -0.1) is 0 Å². The van der Waals surface area contributed by atoms with Gasteiger partial charge in [-0.2, -0.15) is 0 Å². The summed E-state index contributed by atoms with van der Waals surface area (Å²) in [5.74, 6) is 0.284. The Morgan fingerprint density at radius 3 is 2.88 bits per heavy atom. The molecule has 1 amide bonds. The molecule has 3 nitrogen and oxygen atoms in total. The van der Waals surface area contributed by atoms with Crippen LogP contribution in [0.4, 0.5) is 0 Å². The standard InChI is InChI=1S/C14H20N2O/c1-3-13(12-8-6-7-11(2)15-12)16-10-5-4-9-14(16)17/h6-8,13H,3-5,9-10H2,1-2H3. The highest BCUT2D eigenvalue weighted by Gasteiger charge is 2.26. The number of pyridine rings is 1. The van der Waals surface area contributed by atoms with Crippen LogP contribution in [-0.2, 0) is 4.79 Å². The largest absolute Gasteiger partial charge is 0.334 e. The van der Waals surface area contributed by atoms with Crippen LogP contribution < -0.4 is 0 Å². The Hall–Kier alpha value is -1.38. The first kappa shape index (κ1) is 12.1. The minimum absolute atomic E-state index is 0.155. The van der Waals surface area contributed by atoms with Gasteiger partial charge in [0.15, 0.2) is 0 Å². The molecule has 17 heavy (non-hydrogen) atoms. The molecular weight excluding hydrogens is 212 g/mol. The topological polar surface area (TPSA) is 33.2 Å². The number of piperidine rings is 1. The Kier molecular flexibility index (Phi) is 3.77. The number of carbonyl (C=O) groups excluding carboxylic acids is 1. The zero-order valence-corrected chi connectivity index (χ0v) is 10.6. The molecule has 0 aliphatic carbocycles. The molecule has 1 aliphatic heterocycles. The lowest BCUT2D eigenvalue weighted by Crippen LogP contribution is -2.38. The predicted octanol–water partition coefficient (Wildman–Crippen LogP) is 2.85. The summed E-state index contributed by atoms with van der Waals surface area (Å²) < 4.78 is 0. The van der Waals surface area contributed by atoms with Crippen LogP contribution in [-0.4, -0.2) is 22.3 Å². The monoisotopic (exact) mass is 232 g/mol. The number of hydrogen-bond acceptors (Lipinski definition) is 2. The van der Waals surface area contributed by atoms with Crippen LogP contribution in [0.15, 0.2) is 18.2 Å². The lowest BCUT2D eigenvalue weighted by Gasteiger charge is -2.34. The third kappa shape index (κ3) is 2.65. The molecule has 2 rings (SSSR count). The predicted molar refractivity (Wildman–Crippen MR) is 67.6 cm³/mol. The molecule has 0 aromatic carbocycles. The Morgan fingerprint density at radius 1 is 1.41 bits per heavy atom. The average molecular weight is 232 g/mol. The number of rotatable bonds is 3. The second-order valence-corrected chi connectivity index (χ2v) is 4.67. The maximum absolute atomic E-state index is 12.0. The zero-order valence-electron chi connectivity index (χ0n) is 10.6. The fraction of sp³-hybridized carbons (Fsp3) is 0.571. The lowest BCUT2D eigenvalue weighted by molar-refractivity contribution is -0.136. The van der Waals surface area contributed by atoms with Crippen molar-refractivity contribution in [1.29, 1.82) is 0 Å². The molecule has 1 aliphatic rings. The summed E-state index contributed by atoms with van der Waals surface area (Å²) in [6.07, 6.45) is 3.78. The molecule has 3 heteroatoms. The van der Waals surface area contributed by atoms with Crippen LogP contribution >= 0.6 is 0 Å². The Morgan fingerprint density at radius 2 is 2.24 bits per heavy atom. The molecule has 1 unspecified atom stereocenters. The molecule has 1 saturated heterocycles. The fourth-order valence-corrected chi connectivity index (χ4v) is 2.50. The second kappa shape index (κ2) is 5.30. The van der Waals surface area contributed by atoms with Gasteiger partial charge in [0.1, 0.15) is 0 Å². The summed E-state index contributed by atoms with van der Waals surface area (Å²) >= 11 is 0. The van der Waals surface area contributed by atoms with E-state index in [1.807, 2.05) is 30.0 Å². The molecule has 0 radical (unpaired) electrons. The number of aromatic nitrogens is 1. The van der Waals surface area contributed by atoms with E-state index >= 15 is 0 Å². The molecule has 1 aromatic heterocycles. The first-order chi connectivity index (χ1) is 8.22. The summed E-state index contributed by atoms with van der Waals surface area (Å²) in [6.45, 7) is 5.00. The van der Waals surface area contributed by atoms with Crippen molar-refractivity contribution in [2.75, 3.05) is 6.54 Å². The molecular formula is C14H20N2O. The van der Waals surface area contributed by atoms with Gasteiger partial charge in [-0.1, -0.05) is 13.0 Å². The highest BCUT2D eigenvalue weighted by Crippen LogP contribution is 2.26. The summed E-state index contributed by atoms with van der Waals surface area (Å²) in [6, 6.07) is 6.20. The van der Waals surface area contributed by atoms with E-state index in [1.54, 1.807) is 0 Å². The van der Waals surface area contributed by atoms with Crippen LogP contribution in [0.2, 0.25) is 0 Å². The summed E-state index contributed by atoms with van der Waals surface area (Å²) in [5, 5.41) is 0. The second-order valence-electron chi connectivity index (χ2n) is 4.67. The van der Waals surface area contributed by atoms with Gasteiger partial charge in [0.25, 0.3) is 0 Å². The van der Waals surface area contributed by atoms with Crippen LogP contribution in [0.3, 0.4) is 0 Å². The Labute approximate surface area is 103 Å². The number of hydrogen-bond donors (Lipinski definition) is 0. The first-order valence-electron chi connectivity index (χ1n) is 6.45. The van der Waals surface area contributed by atoms with Gasteiger partial charge in [0.05, 0.1) is 11.7 Å². The quantitative estimate of drug-likeness (QED) is 0.803. The van der Waals surface area contributed by atoms with E-state index in [-0.39, 0.29) is 11.9 Å². The van der Waals surface area contributed by atoms with Crippen LogP contribution in [0, 0.1) is 6.92 Å². The van der Waals surface area contributed by atoms with E-state index in [0.717, 1.165) is 37.2 Å². The van der Waals surface area contributed by atoms with Crippen molar-refractivity contribution >= 4 is 5.91 Å². The minimum atomic E-state index is 0.155. The van der Waals surface area contributed by atoms with Crippen molar-refractivity contribution in [2.24, 2.45) is 0 Å². The highest BCUT2D eigenvalue weighted by atomic mass is 16.2. The van der Waals surface area contributed by atoms with E-state index in [4.69, 9.17) is 0 Å². The molecule has 92 valence electrons. The van der Waals surface area contributed by atoms with E-state index in [2.05, 4.69) is 11.9 Å². The lowest BCUT2D eigenvalue weighted by atomic mass is 10.0. The highest BCUT2D eigenvalue weighted by molar-refractivity contribution is 5.77. The van der Waals surface area contributed by atoms with Gasteiger partial charge in [-0.3, -0.25) is 9.78 Å². The maximum Gasteiger partial charge on any atom is 0.223 e. The smallest absolute Gasteiger partial charge is 0.223 e. The first-order valence-corrected chi connectivity index (χ1v) is 6.45. The van der Waals surface area contributed by atoms with E-state index < -0.39 is 0 Å². The summed E-state index contributed by atoms with van der Waals surface area (Å²) in [7, 11) is 0.